The highest BCUT2D eigenvalue weighted by molar-refractivity contribution is 5.86. The van der Waals surface area contributed by atoms with Crippen molar-refractivity contribution < 1.29 is 29.3 Å². The van der Waals surface area contributed by atoms with Crippen LogP contribution in [-0.2, 0) is 14.3 Å². The van der Waals surface area contributed by atoms with Gasteiger partial charge in [-0.1, -0.05) is 68.3 Å². The number of carboxylic acid groups (broad SMARTS) is 1. The average molecular weight is 440 g/mol. The molecule has 170 valence electrons. The third-order valence-corrected chi connectivity index (χ3v) is 5.55. The van der Waals surface area contributed by atoms with Crippen molar-refractivity contribution in [1.29, 1.82) is 0 Å². The van der Waals surface area contributed by atoms with Crippen LogP contribution in [0.15, 0.2) is 48.5 Å². The normalized spacial score (nSPS) is 14.1. The smallest absolute Gasteiger partial charge is 0.407 e. The number of alkyl carbamates (subject to hydrolysis) is 1. The lowest BCUT2D eigenvalue weighted by molar-refractivity contribution is -0.146. The molecule has 0 radical (unpaired) electrons. The van der Waals surface area contributed by atoms with E-state index in [0.29, 0.717) is 12.8 Å². The van der Waals surface area contributed by atoms with Crippen molar-refractivity contribution in [1.82, 2.24) is 10.6 Å². The lowest BCUT2D eigenvalue weighted by Crippen LogP contribution is -2.49. The van der Waals surface area contributed by atoms with E-state index in [4.69, 9.17) is 9.84 Å². The van der Waals surface area contributed by atoms with Crippen LogP contribution in [0.4, 0.5) is 4.79 Å². The van der Waals surface area contributed by atoms with Gasteiger partial charge in [-0.2, -0.15) is 0 Å². The zero-order valence-electron chi connectivity index (χ0n) is 17.9. The summed E-state index contributed by atoms with van der Waals surface area (Å²) in [6, 6.07) is 15.1. The molecule has 2 atom stereocenters. The third kappa shape index (κ3) is 5.45. The number of unbranched alkanes of at least 4 members (excludes halogenated alkanes) is 1. The molecule has 3 rings (SSSR count). The second-order valence-electron chi connectivity index (χ2n) is 7.76. The van der Waals surface area contributed by atoms with Crippen LogP contribution in [0.25, 0.3) is 11.1 Å². The van der Waals surface area contributed by atoms with Crippen LogP contribution in [0.2, 0.25) is 0 Å². The number of aliphatic hydroxyl groups is 1. The number of nitrogens with one attached hydrogen (secondary N) is 2. The molecule has 1 aliphatic rings. The zero-order valence-corrected chi connectivity index (χ0v) is 17.9. The summed E-state index contributed by atoms with van der Waals surface area (Å²) in [7, 11) is 0. The van der Waals surface area contributed by atoms with Crippen LogP contribution in [-0.4, -0.2) is 53.5 Å². The molecule has 8 heteroatoms. The molecule has 32 heavy (non-hydrogen) atoms. The van der Waals surface area contributed by atoms with Crippen molar-refractivity contribution >= 4 is 18.0 Å². The Balaban J connectivity index is 1.61. The highest BCUT2D eigenvalue weighted by Crippen LogP contribution is 2.44. The monoisotopic (exact) mass is 440 g/mol. The highest BCUT2D eigenvalue weighted by atomic mass is 16.5. The summed E-state index contributed by atoms with van der Waals surface area (Å²) in [6.45, 7) is 1.64. The first kappa shape index (κ1) is 23.3. The summed E-state index contributed by atoms with van der Waals surface area (Å²) < 4.78 is 5.49. The van der Waals surface area contributed by atoms with E-state index in [-0.39, 0.29) is 12.5 Å². The fourth-order valence-corrected chi connectivity index (χ4v) is 3.87. The van der Waals surface area contributed by atoms with Crippen LogP contribution in [0.1, 0.15) is 43.2 Å². The van der Waals surface area contributed by atoms with E-state index in [9.17, 15) is 19.5 Å². The molecule has 0 saturated carbocycles. The molecule has 0 unspecified atom stereocenters. The van der Waals surface area contributed by atoms with Gasteiger partial charge in [0.05, 0.1) is 6.54 Å². The van der Waals surface area contributed by atoms with Crippen molar-refractivity contribution in [3.8, 4) is 11.1 Å². The van der Waals surface area contributed by atoms with Crippen LogP contribution in [0.3, 0.4) is 0 Å². The van der Waals surface area contributed by atoms with Gasteiger partial charge in [-0.25, -0.2) is 9.59 Å². The number of carboxylic acids is 1. The predicted octanol–water partition coefficient (Wildman–Crippen LogP) is 2.65. The van der Waals surface area contributed by atoms with Crippen LogP contribution in [0.5, 0.6) is 0 Å². The molecule has 0 saturated heterocycles. The second-order valence-corrected chi connectivity index (χ2v) is 7.76. The lowest BCUT2D eigenvalue weighted by Gasteiger charge is -2.20. The van der Waals surface area contributed by atoms with Gasteiger partial charge in [0, 0.05) is 5.92 Å². The topological polar surface area (TPSA) is 125 Å². The number of amides is 2. The van der Waals surface area contributed by atoms with Crippen LogP contribution >= 0.6 is 0 Å². The van der Waals surface area contributed by atoms with E-state index in [1.807, 2.05) is 55.5 Å². The number of hydrogen-bond acceptors (Lipinski definition) is 5. The zero-order chi connectivity index (χ0) is 23.1. The molecule has 4 N–H and O–H groups in total. The molecule has 2 amide bonds. The average Bonchev–Trinajstić information content (AvgIpc) is 3.12. The number of aliphatic carboxylic acids is 1. The van der Waals surface area contributed by atoms with Gasteiger partial charge in [0.1, 0.15) is 12.6 Å². The summed E-state index contributed by atoms with van der Waals surface area (Å²) in [6.07, 6.45) is -0.561. The van der Waals surface area contributed by atoms with Gasteiger partial charge in [0.15, 0.2) is 6.10 Å². The number of aliphatic hydroxyl groups excluding tert-OH is 1. The third-order valence-electron chi connectivity index (χ3n) is 5.55. The maximum Gasteiger partial charge on any atom is 0.407 e. The van der Waals surface area contributed by atoms with Crippen molar-refractivity contribution in [3.63, 3.8) is 0 Å². The van der Waals surface area contributed by atoms with Crippen LogP contribution in [0, 0.1) is 0 Å². The van der Waals surface area contributed by atoms with Gasteiger partial charge in [0.25, 0.3) is 0 Å². The number of fused-ring (bicyclic) bond motifs is 3. The summed E-state index contributed by atoms with van der Waals surface area (Å²) in [5.74, 6) is -2.09. The molecule has 0 aliphatic heterocycles. The number of hydrogen-bond donors (Lipinski definition) is 4. The Labute approximate surface area is 186 Å². The Morgan fingerprint density at radius 3 is 2.19 bits per heavy atom. The second kappa shape index (κ2) is 10.8. The minimum Gasteiger partial charge on any atom is -0.479 e. The summed E-state index contributed by atoms with van der Waals surface area (Å²) in [4.78, 5) is 35.6. The van der Waals surface area contributed by atoms with Gasteiger partial charge in [-0.05, 0) is 28.7 Å². The first-order valence-electron chi connectivity index (χ1n) is 10.7. The molecule has 0 heterocycles. The van der Waals surface area contributed by atoms with Crippen molar-refractivity contribution in [3.05, 3.63) is 59.7 Å². The maximum atomic E-state index is 12.5. The van der Waals surface area contributed by atoms with Gasteiger partial charge in [0.2, 0.25) is 5.91 Å². The number of rotatable bonds is 10. The SMILES string of the molecule is CCCC[C@H](NC(=O)OCC1c2ccccc2-c2ccccc21)C(=O)NC[C@H](O)C(=O)O. The van der Waals surface area contributed by atoms with E-state index < -0.39 is 36.7 Å². The molecule has 0 spiro atoms. The van der Waals surface area contributed by atoms with E-state index >= 15 is 0 Å². The molecule has 2 aromatic rings. The van der Waals surface area contributed by atoms with Gasteiger partial charge in [-0.15, -0.1) is 0 Å². The standard InChI is InChI=1S/C24H28N2O6/c1-2-3-12-20(22(28)25-13-21(27)23(29)30)26-24(31)32-14-19-17-10-6-4-8-15(17)16-9-5-7-11-18(16)19/h4-11,19-21,27H,2-3,12-14H2,1H3,(H,25,28)(H,26,31)(H,29,30)/t20-,21-/m0/s1. The summed E-state index contributed by atoms with van der Waals surface area (Å²) in [5.41, 5.74) is 4.41. The summed E-state index contributed by atoms with van der Waals surface area (Å²) in [5, 5.41) is 23.0. The highest BCUT2D eigenvalue weighted by Gasteiger charge is 2.30. The first-order chi connectivity index (χ1) is 15.4. The largest absolute Gasteiger partial charge is 0.479 e. The molecular weight excluding hydrogens is 412 g/mol. The Hall–Kier alpha value is -3.39. The minimum absolute atomic E-state index is 0.0956. The molecule has 2 aromatic carbocycles. The fraction of sp³-hybridized carbons (Fsp3) is 0.375. The fourth-order valence-electron chi connectivity index (χ4n) is 3.87. The Morgan fingerprint density at radius 1 is 1.03 bits per heavy atom. The van der Waals surface area contributed by atoms with Gasteiger partial charge >= 0.3 is 12.1 Å². The van der Waals surface area contributed by atoms with Crippen LogP contribution < -0.4 is 10.6 Å². The lowest BCUT2D eigenvalue weighted by atomic mass is 9.98. The molecule has 0 fully saturated rings. The molecule has 8 nitrogen and oxygen atoms in total. The van der Waals surface area contributed by atoms with Gasteiger partial charge < -0.3 is 25.6 Å². The quantitative estimate of drug-likeness (QED) is 0.450. The van der Waals surface area contributed by atoms with Crippen molar-refractivity contribution in [2.75, 3.05) is 13.2 Å². The van der Waals surface area contributed by atoms with Crippen molar-refractivity contribution in [2.24, 2.45) is 0 Å². The Bertz CT molecular complexity index is 931. The Kier molecular flexibility index (Phi) is 7.83. The number of carbonyl (C=O) groups is 3. The molecule has 0 aromatic heterocycles. The molecule has 0 bridgehead atoms. The molecular formula is C24H28N2O6. The number of ether oxygens (including phenoxy) is 1. The number of carbonyl (C=O) groups excluding carboxylic acids is 2. The Morgan fingerprint density at radius 2 is 1.62 bits per heavy atom. The first-order valence-corrected chi connectivity index (χ1v) is 10.7. The number of benzene rings is 2. The maximum absolute atomic E-state index is 12.5. The van der Waals surface area contributed by atoms with E-state index in [1.54, 1.807) is 0 Å². The minimum atomic E-state index is -1.71. The summed E-state index contributed by atoms with van der Waals surface area (Å²) >= 11 is 0. The van der Waals surface area contributed by atoms with Crippen molar-refractivity contribution in [2.45, 2.75) is 44.2 Å². The van der Waals surface area contributed by atoms with Gasteiger partial charge in [-0.3, -0.25) is 4.79 Å². The molecule has 1 aliphatic carbocycles. The van der Waals surface area contributed by atoms with E-state index in [2.05, 4.69) is 10.6 Å². The van der Waals surface area contributed by atoms with E-state index in [1.165, 1.54) is 0 Å². The predicted molar refractivity (Wildman–Crippen MR) is 118 cm³/mol. The van der Waals surface area contributed by atoms with E-state index in [0.717, 1.165) is 28.7 Å².